The third kappa shape index (κ3) is 2.45. The predicted molar refractivity (Wildman–Crippen MR) is 75.6 cm³/mol. The van der Waals surface area contributed by atoms with Crippen LogP contribution in [0.5, 0.6) is 0 Å². The molecule has 2 fully saturated rings. The fraction of sp³-hybridized carbons (Fsp3) is 0.625. The summed E-state index contributed by atoms with van der Waals surface area (Å²) < 4.78 is 0. The van der Waals surface area contributed by atoms with Crippen molar-refractivity contribution < 1.29 is 0 Å². The van der Waals surface area contributed by atoms with Crippen molar-refractivity contribution in [1.29, 1.82) is 0 Å². The number of hydrogen-bond acceptors (Lipinski definition) is 2. The number of nitrogens with one attached hydrogen (secondary N) is 1. The molecule has 2 aliphatic heterocycles. The van der Waals surface area contributed by atoms with Crippen LogP contribution < -0.4 is 5.32 Å². The molecule has 0 saturated carbocycles. The van der Waals surface area contributed by atoms with Crippen LogP contribution in [0.4, 0.5) is 0 Å². The summed E-state index contributed by atoms with van der Waals surface area (Å²) in [7, 11) is 0. The highest BCUT2D eigenvalue weighted by atomic mass is 15.2. The van der Waals surface area contributed by atoms with Crippen LogP contribution >= 0.6 is 0 Å². The zero-order valence-electron chi connectivity index (χ0n) is 11.3. The second-order valence-corrected chi connectivity index (χ2v) is 5.88. The van der Waals surface area contributed by atoms with Crippen LogP contribution in [0.1, 0.15) is 18.9 Å². The fourth-order valence-corrected chi connectivity index (χ4v) is 3.61. The molecule has 2 heteroatoms. The summed E-state index contributed by atoms with van der Waals surface area (Å²) in [4.78, 5) is 2.74. The van der Waals surface area contributed by atoms with Gasteiger partial charge in [0, 0.05) is 19.1 Å². The quantitative estimate of drug-likeness (QED) is 0.873. The lowest BCUT2D eigenvalue weighted by Gasteiger charge is -2.27. The van der Waals surface area contributed by atoms with E-state index in [4.69, 9.17) is 0 Å². The Labute approximate surface area is 110 Å². The summed E-state index contributed by atoms with van der Waals surface area (Å²) >= 11 is 0. The van der Waals surface area contributed by atoms with Crippen molar-refractivity contribution in [2.45, 2.75) is 25.8 Å². The molecule has 18 heavy (non-hydrogen) atoms. The van der Waals surface area contributed by atoms with E-state index in [-0.39, 0.29) is 0 Å². The van der Waals surface area contributed by atoms with Gasteiger partial charge in [-0.05, 0) is 43.3 Å². The molecule has 1 unspecified atom stereocenters. The Morgan fingerprint density at radius 3 is 2.44 bits per heavy atom. The standard InChI is InChI=1S/C16H24N2/c1-2-16(8-13-6-4-3-5-7-13)18-11-14-9-17-10-15(14)12-18/h3-7,14-17H,2,8-12H2,1H3/t14-,15+,16?. The number of benzene rings is 1. The number of nitrogens with zero attached hydrogens (tertiary/aromatic N) is 1. The lowest BCUT2D eigenvalue weighted by Crippen LogP contribution is -2.36. The van der Waals surface area contributed by atoms with Crippen molar-refractivity contribution in [2.24, 2.45) is 11.8 Å². The largest absolute Gasteiger partial charge is 0.316 e. The highest BCUT2D eigenvalue weighted by Crippen LogP contribution is 2.29. The number of hydrogen-bond donors (Lipinski definition) is 1. The molecule has 3 rings (SSSR count). The van der Waals surface area contributed by atoms with Crippen molar-refractivity contribution in [3.63, 3.8) is 0 Å². The Morgan fingerprint density at radius 2 is 1.83 bits per heavy atom. The first-order valence-electron chi connectivity index (χ1n) is 7.35. The van der Waals surface area contributed by atoms with Crippen molar-refractivity contribution >= 4 is 0 Å². The summed E-state index contributed by atoms with van der Waals surface area (Å²) in [5, 5.41) is 3.52. The minimum atomic E-state index is 0.734. The lowest BCUT2D eigenvalue weighted by molar-refractivity contribution is 0.218. The molecule has 0 aromatic heterocycles. The Balaban J connectivity index is 1.63. The molecule has 98 valence electrons. The SMILES string of the molecule is CCC(Cc1ccccc1)N1C[C@H]2CNC[C@H]2C1. The van der Waals surface area contributed by atoms with Gasteiger partial charge >= 0.3 is 0 Å². The Morgan fingerprint density at radius 1 is 1.17 bits per heavy atom. The molecule has 2 heterocycles. The topological polar surface area (TPSA) is 15.3 Å². The van der Waals surface area contributed by atoms with Crippen LogP contribution in [0.15, 0.2) is 30.3 Å². The van der Waals surface area contributed by atoms with Gasteiger partial charge in [0.05, 0.1) is 0 Å². The van der Waals surface area contributed by atoms with Crippen molar-refractivity contribution in [3.8, 4) is 0 Å². The van der Waals surface area contributed by atoms with Crippen molar-refractivity contribution in [2.75, 3.05) is 26.2 Å². The van der Waals surface area contributed by atoms with E-state index in [2.05, 4.69) is 47.5 Å². The molecule has 0 radical (unpaired) electrons. The lowest BCUT2D eigenvalue weighted by atomic mass is 10.0. The second kappa shape index (κ2) is 5.41. The minimum Gasteiger partial charge on any atom is -0.316 e. The van der Waals surface area contributed by atoms with Crippen LogP contribution in [0.25, 0.3) is 0 Å². The van der Waals surface area contributed by atoms with E-state index in [9.17, 15) is 0 Å². The average Bonchev–Trinajstić information content (AvgIpc) is 2.98. The summed E-state index contributed by atoms with van der Waals surface area (Å²) in [5.41, 5.74) is 1.49. The van der Waals surface area contributed by atoms with E-state index in [1.54, 1.807) is 0 Å². The molecule has 1 aromatic rings. The van der Waals surface area contributed by atoms with Gasteiger partial charge in [-0.15, -0.1) is 0 Å². The predicted octanol–water partition coefficient (Wildman–Crippen LogP) is 2.16. The first-order valence-corrected chi connectivity index (χ1v) is 7.35. The fourth-order valence-electron chi connectivity index (χ4n) is 3.61. The van der Waals surface area contributed by atoms with Gasteiger partial charge in [-0.2, -0.15) is 0 Å². The molecule has 1 N–H and O–H groups in total. The summed E-state index contributed by atoms with van der Waals surface area (Å²) in [6.45, 7) is 7.43. The van der Waals surface area contributed by atoms with Gasteiger partial charge < -0.3 is 5.32 Å². The number of likely N-dealkylation sites (tertiary alicyclic amines) is 1. The maximum absolute atomic E-state index is 3.52. The van der Waals surface area contributed by atoms with Gasteiger partial charge in [-0.1, -0.05) is 37.3 Å². The zero-order valence-corrected chi connectivity index (χ0v) is 11.3. The summed E-state index contributed by atoms with van der Waals surface area (Å²) in [6, 6.07) is 11.7. The first kappa shape index (κ1) is 12.2. The van der Waals surface area contributed by atoms with Gasteiger partial charge in [-0.3, -0.25) is 4.90 Å². The second-order valence-electron chi connectivity index (χ2n) is 5.88. The summed E-state index contributed by atoms with van der Waals surface area (Å²) in [5.74, 6) is 1.82. The zero-order chi connectivity index (χ0) is 12.4. The molecule has 0 amide bonds. The molecule has 0 bridgehead atoms. The Hall–Kier alpha value is -0.860. The maximum Gasteiger partial charge on any atom is 0.0133 e. The van der Waals surface area contributed by atoms with E-state index < -0.39 is 0 Å². The Kier molecular flexibility index (Phi) is 3.67. The molecule has 3 atom stereocenters. The third-order valence-electron chi connectivity index (χ3n) is 4.72. The first-order chi connectivity index (χ1) is 8.86. The van der Waals surface area contributed by atoms with Crippen molar-refractivity contribution in [1.82, 2.24) is 10.2 Å². The molecular weight excluding hydrogens is 220 g/mol. The van der Waals surface area contributed by atoms with E-state index in [0.29, 0.717) is 0 Å². The monoisotopic (exact) mass is 244 g/mol. The van der Waals surface area contributed by atoms with Gasteiger partial charge in [0.2, 0.25) is 0 Å². The van der Waals surface area contributed by atoms with Crippen LogP contribution in [0.3, 0.4) is 0 Å². The highest BCUT2D eigenvalue weighted by Gasteiger charge is 2.38. The molecular formula is C16H24N2. The number of rotatable bonds is 4. The third-order valence-corrected chi connectivity index (χ3v) is 4.72. The van der Waals surface area contributed by atoms with E-state index in [1.165, 1.54) is 44.6 Å². The van der Waals surface area contributed by atoms with Crippen LogP contribution in [0, 0.1) is 11.8 Å². The molecule has 0 spiro atoms. The van der Waals surface area contributed by atoms with Gasteiger partial charge in [0.25, 0.3) is 0 Å². The molecule has 2 nitrogen and oxygen atoms in total. The van der Waals surface area contributed by atoms with Gasteiger partial charge in [0.1, 0.15) is 0 Å². The van der Waals surface area contributed by atoms with Gasteiger partial charge in [0.15, 0.2) is 0 Å². The number of fused-ring (bicyclic) bond motifs is 1. The van der Waals surface area contributed by atoms with Crippen LogP contribution in [0.2, 0.25) is 0 Å². The van der Waals surface area contributed by atoms with E-state index >= 15 is 0 Å². The van der Waals surface area contributed by atoms with E-state index in [0.717, 1.165) is 17.9 Å². The average molecular weight is 244 g/mol. The smallest absolute Gasteiger partial charge is 0.0133 e. The van der Waals surface area contributed by atoms with Crippen LogP contribution in [-0.4, -0.2) is 37.1 Å². The normalized spacial score (nSPS) is 29.4. The van der Waals surface area contributed by atoms with Crippen LogP contribution in [-0.2, 0) is 6.42 Å². The van der Waals surface area contributed by atoms with Gasteiger partial charge in [-0.25, -0.2) is 0 Å². The molecule has 2 saturated heterocycles. The molecule has 2 aliphatic rings. The molecule has 1 aromatic carbocycles. The maximum atomic E-state index is 3.52. The van der Waals surface area contributed by atoms with Crippen molar-refractivity contribution in [3.05, 3.63) is 35.9 Å². The summed E-state index contributed by atoms with van der Waals surface area (Å²) in [6.07, 6.45) is 2.48. The molecule has 0 aliphatic carbocycles. The highest BCUT2D eigenvalue weighted by molar-refractivity contribution is 5.16. The minimum absolute atomic E-state index is 0.734. The van der Waals surface area contributed by atoms with E-state index in [1.807, 2.05) is 0 Å². The Bertz CT molecular complexity index is 364.